The maximum atomic E-state index is 13.1. The van der Waals surface area contributed by atoms with Gasteiger partial charge in [-0.15, -0.1) is 0 Å². The first-order valence-corrected chi connectivity index (χ1v) is 11.0. The average Bonchev–Trinajstić information content (AvgIpc) is 2.77. The molecule has 1 saturated heterocycles. The summed E-state index contributed by atoms with van der Waals surface area (Å²) < 4.78 is 5.96. The first-order chi connectivity index (χ1) is 15.3. The zero-order valence-electron chi connectivity index (χ0n) is 17.5. The molecule has 170 valence electrons. The van der Waals surface area contributed by atoms with Crippen LogP contribution in [0.4, 0.5) is 0 Å². The van der Waals surface area contributed by atoms with E-state index in [1.165, 1.54) is 4.90 Å². The number of benzene rings is 2. The Morgan fingerprint density at radius 1 is 1.09 bits per heavy atom. The van der Waals surface area contributed by atoms with E-state index in [0.717, 1.165) is 11.1 Å². The summed E-state index contributed by atoms with van der Waals surface area (Å²) in [6, 6.07) is 12.7. The lowest BCUT2D eigenvalue weighted by Crippen LogP contribution is -2.56. The van der Waals surface area contributed by atoms with Crippen molar-refractivity contribution in [2.75, 3.05) is 13.2 Å². The van der Waals surface area contributed by atoms with Gasteiger partial charge in [0.1, 0.15) is 25.3 Å². The number of hydrogen-bond donors (Lipinski definition) is 2. The molecule has 2 N–H and O–H groups in total. The third-order valence-electron chi connectivity index (χ3n) is 5.29. The SMILES string of the molecule is CCC[C@H](C(=O)NCC(=O)O)N1C(=O)CO[C@@H](c2ccc(Cl)cc2)[C@H]1c1ccc(Cl)cc1. The maximum Gasteiger partial charge on any atom is 0.322 e. The van der Waals surface area contributed by atoms with Gasteiger partial charge in [0.25, 0.3) is 0 Å². The highest BCUT2D eigenvalue weighted by Gasteiger charge is 2.44. The predicted octanol–water partition coefficient (Wildman–Crippen LogP) is 4.00. The number of carboxylic acid groups (broad SMARTS) is 1. The molecule has 3 atom stereocenters. The molecule has 0 aliphatic carbocycles. The normalized spacial score (nSPS) is 19.5. The van der Waals surface area contributed by atoms with Crippen LogP contribution in [0, 0.1) is 0 Å². The van der Waals surface area contributed by atoms with Crippen LogP contribution in [0.2, 0.25) is 10.0 Å². The molecule has 32 heavy (non-hydrogen) atoms. The zero-order valence-corrected chi connectivity index (χ0v) is 19.0. The second kappa shape index (κ2) is 10.8. The van der Waals surface area contributed by atoms with Crippen molar-refractivity contribution < 1.29 is 24.2 Å². The van der Waals surface area contributed by atoms with Gasteiger partial charge in [0.05, 0.1) is 6.04 Å². The molecule has 0 radical (unpaired) electrons. The van der Waals surface area contributed by atoms with E-state index < -0.39 is 36.6 Å². The van der Waals surface area contributed by atoms with Crippen molar-refractivity contribution in [2.24, 2.45) is 0 Å². The number of nitrogens with one attached hydrogen (secondary N) is 1. The first kappa shape index (κ1) is 24.0. The van der Waals surface area contributed by atoms with Gasteiger partial charge in [-0.1, -0.05) is 60.8 Å². The summed E-state index contributed by atoms with van der Waals surface area (Å²) in [6.45, 7) is 1.17. The van der Waals surface area contributed by atoms with Gasteiger partial charge in [0, 0.05) is 10.0 Å². The van der Waals surface area contributed by atoms with Gasteiger partial charge in [0.15, 0.2) is 0 Å². The molecule has 9 heteroatoms. The number of morpholine rings is 1. The predicted molar refractivity (Wildman–Crippen MR) is 121 cm³/mol. The van der Waals surface area contributed by atoms with Crippen LogP contribution < -0.4 is 5.32 Å². The summed E-state index contributed by atoms with van der Waals surface area (Å²) >= 11 is 12.1. The molecule has 2 amide bonds. The lowest BCUT2D eigenvalue weighted by Gasteiger charge is -2.45. The van der Waals surface area contributed by atoms with E-state index in [0.29, 0.717) is 22.9 Å². The number of amides is 2. The topological polar surface area (TPSA) is 95.9 Å². The first-order valence-electron chi connectivity index (χ1n) is 10.2. The molecule has 0 spiro atoms. The van der Waals surface area contributed by atoms with Crippen LogP contribution in [0.3, 0.4) is 0 Å². The fourth-order valence-corrected chi connectivity index (χ4v) is 4.12. The Bertz CT molecular complexity index is 965. The second-order valence-electron chi connectivity index (χ2n) is 7.50. The van der Waals surface area contributed by atoms with Gasteiger partial charge in [-0.2, -0.15) is 0 Å². The number of carbonyl (C=O) groups is 3. The third-order valence-corrected chi connectivity index (χ3v) is 5.79. The van der Waals surface area contributed by atoms with Gasteiger partial charge in [0.2, 0.25) is 11.8 Å². The molecule has 0 aromatic heterocycles. The molecular formula is C23H24Cl2N2O5. The van der Waals surface area contributed by atoms with Crippen molar-refractivity contribution in [3.63, 3.8) is 0 Å². The Hall–Kier alpha value is -2.61. The maximum absolute atomic E-state index is 13.1. The molecule has 2 aromatic carbocycles. The van der Waals surface area contributed by atoms with Gasteiger partial charge >= 0.3 is 5.97 Å². The van der Waals surface area contributed by atoms with Crippen molar-refractivity contribution in [1.29, 1.82) is 0 Å². The molecule has 2 aromatic rings. The Morgan fingerprint density at radius 2 is 1.66 bits per heavy atom. The third kappa shape index (κ3) is 5.59. The van der Waals surface area contributed by atoms with Crippen molar-refractivity contribution in [1.82, 2.24) is 10.2 Å². The molecule has 3 rings (SSSR count). The summed E-state index contributed by atoms with van der Waals surface area (Å²) in [5.41, 5.74) is 1.54. The number of carbonyl (C=O) groups excluding carboxylic acids is 2. The average molecular weight is 479 g/mol. The van der Waals surface area contributed by atoms with Crippen LogP contribution >= 0.6 is 23.2 Å². The molecular weight excluding hydrogens is 455 g/mol. The van der Waals surface area contributed by atoms with Gasteiger partial charge in [-0.05, 0) is 41.8 Å². The van der Waals surface area contributed by atoms with Gasteiger partial charge < -0.3 is 20.1 Å². The molecule has 0 unspecified atom stereocenters. The largest absolute Gasteiger partial charge is 0.480 e. The lowest BCUT2D eigenvalue weighted by atomic mass is 9.90. The number of rotatable bonds is 8. The smallest absolute Gasteiger partial charge is 0.322 e. The van der Waals surface area contributed by atoms with Crippen molar-refractivity contribution in [2.45, 2.75) is 38.0 Å². The van der Waals surface area contributed by atoms with Gasteiger partial charge in [-0.25, -0.2) is 0 Å². The van der Waals surface area contributed by atoms with Crippen molar-refractivity contribution in [3.05, 3.63) is 69.7 Å². The minimum Gasteiger partial charge on any atom is -0.480 e. The summed E-state index contributed by atoms with van der Waals surface area (Å²) in [7, 11) is 0. The minimum atomic E-state index is -1.16. The van der Waals surface area contributed by atoms with Crippen LogP contribution in [-0.4, -0.2) is 47.0 Å². The molecule has 1 heterocycles. The number of ether oxygens (including phenoxy) is 1. The van der Waals surface area contributed by atoms with Crippen LogP contribution in [0.15, 0.2) is 48.5 Å². The van der Waals surface area contributed by atoms with E-state index >= 15 is 0 Å². The van der Waals surface area contributed by atoms with E-state index in [4.69, 9.17) is 33.0 Å². The van der Waals surface area contributed by atoms with Gasteiger partial charge in [-0.3, -0.25) is 14.4 Å². The molecule has 7 nitrogen and oxygen atoms in total. The van der Waals surface area contributed by atoms with E-state index in [1.54, 1.807) is 36.4 Å². The van der Waals surface area contributed by atoms with Crippen LogP contribution in [0.1, 0.15) is 43.0 Å². The number of carboxylic acids is 1. The number of hydrogen-bond acceptors (Lipinski definition) is 4. The molecule has 1 aliphatic heterocycles. The summed E-state index contributed by atoms with van der Waals surface area (Å²) in [4.78, 5) is 38.5. The highest BCUT2D eigenvalue weighted by molar-refractivity contribution is 6.30. The van der Waals surface area contributed by atoms with E-state index in [2.05, 4.69) is 5.32 Å². The molecule has 1 aliphatic rings. The Labute approximate surface area is 196 Å². The zero-order chi connectivity index (χ0) is 23.3. The molecule has 0 bridgehead atoms. The number of nitrogens with zero attached hydrogens (tertiary/aromatic N) is 1. The Kier molecular flexibility index (Phi) is 8.12. The van der Waals surface area contributed by atoms with E-state index in [9.17, 15) is 14.4 Å². The minimum absolute atomic E-state index is 0.205. The summed E-state index contributed by atoms with van der Waals surface area (Å²) in [5.74, 6) is -2.02. The fraction of sp³-hybridized carbons (Fsp3) is 0.348. The van der Waals surface area contributed by atoms with Crippen LogP contribution in [0.25, 0.3) is 0 Å². The summed E-state index contributed by atoms with van der Waals surface area (Å²) in [6.07, 6.45) is 0.432. The number of halogens is 2. The van der Waals surface area contributed by atoms with E-state index in [1.807, 2.05) is 19.1 Å². The van der Waals surface area contributed by atoms with E-state index in [-0.39, 0.29) is 12.5 Å². The van der Waals surface area contributed by atoms with Crippen molar-refractivity contribution in [3.8, 4) is 0 Å². The Morgan fingerprint density at radius 3 is 2.19 bits per heavy atom. The second-order valence-corrected chi connectivity index (χ2v) is 8.37. The van der Waals surface area contributed by atoms with Crippen molar-refractivity contribution >= 4 is 41.0 Å². The number of aliphatic carboxylic acids is 1. The summed E-state index contributed by atoms with van der Waals surface area (Å²) in [5, 5.41) is 12.5. The van der Waals surface area contributed by atoms with Crippen LogP contribution in [0.5, 0.6) is 0 Å². The highest BCUT2D eigenvalue weighted by Crippen LogP contribution is 2.42. The monoisotopic (exact) mass is 478 g/mol. The fourth-order valence-electron chi connectivity index (χ4n) is 3.87. The molecule has 0 saturated carbocycles. The lowest BCUT2D eigenvalue weighted by molar-refractivity contribution is -0.167. The van der Waals surface area contributed by atoms with Crippen LogP contribution in [-0.2, 0) is 19.1 Å². The quantitative estimate of drug-likeness (QED) is 0.597. The standard InChI is InChI=1S/C23H24Cl2N2O5/c1-2-3-18(23(31)26-12-20(29)30)27-19(28)13-32-22(15-6-10-17(25)11-7-15)21(27)14-4-8-16(24)9-5-14/h4-11,18,21-22H,2-3,12-13H2,1H3,(H,26,31)(H,29,30)/t18-,21-,22+/m1/s1. The Balaban J connectivity index is 2.06. The molecule has 1 fully saturated rings. The highest BCUT2D eigenvalue weighted by atomic mass is 35.5.